The number of halogens is 4. The Balaban J connectivity index is 7.52. The minimum absolute atomic E-state index is 2.80. The Hall–Kier alpha value is -0.680. The Morgan fingerprint density at radius 2 is 0.857 bits per heavy atom. The van der Waals surface area contributed by atoms with Crippen molar-refractivity contribution in [3.63, 3.8) is 0 Å². The molecule has 0 bridgehead atoms. The first-order valence-corrected chi connectivity index (χ1v) is 12.1. The molecule has 0 aliphatic heterocycles. The van der Waals surface area contributed by atoms with Gasteiger partial charge in [-0.15, -0.1) is 0 Å². The molecule has 0 aromatic rings. The van der Waals surface area contributed by atoms with Gasteiger partial charge < -0.3 is 5.11 Å². The van der Waals surface area contributed by atoms with E-state index in [9.17, 15) is 51.2 Å². The van der Waals surface area contributed by atoms with E-state index in [1.807, 2.05) is 0 Å². The lowest BCUT2D eigenvalue weighted by atomic mass is 9.78. The monoisotopic (exact) mass is 508 g/mol. The molecule has 28 heavy (non-hydrogen) atoms. The second-order valence-electron chi connectivity index (χ2n) is 5.19. The third-order valence-corrected chi connectivity index (χ3v) is 7.04. The first-order valence-electron chi connectivity index (χ1n) is 6.08. The highest BCUT2D eigenvalue weighted by Gasteiger charge is 2.68. The van der Waals surface area contributed by atoms with E-state index in [-0.39, 0.29) is 0 Å². The summed E-state index contributed by atoms with van der Waals surface area (Å²) in [5.74, 6) is -4.41. The van der Waals surface area contributed by atoms with E-state index in [0.717, 1.165) is 0 Å². The van der Waals surface area contributed by atoms with Crippen molar-refractivity contribution in [2.75, 3.05) is 6.61 Å². The highest BCUT2D eigenvalue weighted by atomic mass is 32.2. The molecule has 0 rings (SSSR count). The molecule has 0 saturated carbocycles. The minimum Gasteiger partial charge on any atom is -0.395 e. The zero-order valence-electron chi connectivity index (χ0n) is 12.7. The maximum atomic E-state index is 14.3. The third kappa shape index (κ3) is 5.47. The molecule has 0 spiro atoms. The van der Waals surface area contributed by atoms with Gasteiger partial charge >= 0.3 is 0 Å². The molecule has 4 unspecified atom stereocenters. The van der Waals surface area contributed by atoms with Crippen molar-refractivity contribution in [1.29, 1.82) is 0 Å². The smallest absolute Gasteiger partial charge is 0.298 e. The molecule has 0 saturated heterocycles. The van der Waals surface area contributed by atoms with Crippen LogP contribution in [0.15, 0.2) is 0 Å². The van der Waals surface area contributed by atoms with Crippen molar-refractivity contribution < 1.29 is 74.6 Å². The number of aliphatic hydroxyl groups is 1. The number of hydrogen-bond donors (Lipinski definition) is 5. The molecule has 170 valence electrons. The lowest BCUT2D eigenvalue weighted by Gasteiger charge is -2.41. The molecule has 0 amide bonds. The number of aliphatic hydroxyl groups excluding tert-OH is 1. The van der Waals surface area contributed by atoms with Crippen LogP contribution >= 0.6 is 0 Å². The van der Waals surface area contributed by atoms with E-state index in [4.69, 9.17) is 23.3 Å². The summed E-state index contributed by atoms with van der Waals surface area (Å²) in [6, 6.07) is 0. The molecule has 0 aromatic carbocycles. The quantitative estimate of drug-likeness (QED) is 0.164. The van der Waals surface area contributed by atoms with Crippen LogP contribution in [0.2, 0.25) is 0 Å². The van der Waals surface area contributed by atoms with Gasteiger partial charge in [0.1, 0.15) is 5.41 Å². The van der Waals surface area contributed by atoms with Gasteiger partial charge in [-0.1, -0.05) is 0 Å². The fourth-order valence-corrected chi connectivity index (χ4v) is 5.71. The van der Waals surface area contributed by atoms with Crippen LogP contribution in [0.4, 0.5) is 17.6 Å². The van der Waals surface area contributed by atoms with Crippen LogP contribution in [0.3, 0.4) is 0 Å². The predicted molar refractivity (Wildman–Crippen MR) is 78.8 cm³/mol. The fraction of sp³-hybridized carbons (Fsp3) is 1.00. The molecule has 0 radical (unpaired) electrons. The average Bonchev–Trinajstić information content (AvgIpc) is 2.46. The Kier molecular flexibility index (Phi) is 8.02. The Labute approximate surface area is 155 Å². The predicted octanol–water partition coefficient (Wildman–Crippen LogP) is -1.69. The van der Waals surface area contributed by atoms with E-state index in [1.54, 1.807) is 0 Å². The van der Waals surface area contributed by atoms with Gasteiger partial charge in [0.05, 0.1) is 12.5 Å². The van der Waals surface area contributed by atoms with Crippen molar-refractivity contribution in [2.24, 2.45) is 11.3 Å². The molecule has 0 aliphatic carbocycles. The van der Waals surface area contributed by atoms with Crippen molar-refractivity contribution in [2.45, 2.75) is 22.0 Å². The standard InChI is InChI=1S/C7H12F4O13S4/c8-3(25(13,14)15)2(4(9)26(16,17)18)7(1-12,5(10)27(19,20)21)6(11)28(22,23)24/h2-6,12H,1H2,(H,13,14,15)(H,16,17,18)(H,19,20,21)(H,22,23,24). The molecule has 0 aromatic heterocycles. The highest BCUT2D eigenvalue weighted by molar-refractivity contribution is 7.88. The molecule has 0 heterocycles. The molecular formula is C7H12F4O13S4. The van der Waals surface area contributed by atoms with Crippen LogP contribution in [0.5, 0.6) is 0 Å². The summed E-state index contributed by atoms with van der Waals surface area (Å²) in [5, 5.41) is 9.13. The topological polar surface area (TPSA) is 238 Å². The van der Waals surface area contributed by atoms with E-state index in [0.29, 0.717) is 0 Å². The van der Waals surface area contributed by atoms with Gasteiger partial charge in [-0.2, -0.15) is 33.7 Å². The summed E-state index contributed by atoms with van der Waals surface area (Å²) in [6.45, 7) is -2.80. The summed E-state index contributed by atoms with van der Waals surface area (Å²) in [4.78, 5) is 0. The second-order valence-corrected chi connectivity index (χ2v) is 11.0. The molecule has 0 fully saturated rings. The molecule has 4 atom stereocenters. The Morgan fingerprint density at radius 1 is 0.607 bits per heavy atom. The first-order chi connectivity index (χ1) is 12.1. The van der Waals surface area contributed by atoms with E-state index in [1.165, 1.54) is 0 Å². The van der Waals surface area contributed by atoms with E-state index in [2.05, 4.69) is 0 Å². The van der Waals surface area contributed by atoms with Gasteiger partial charge in [-0.25, -0.2) is 17.6 Å². The molecule has 13 nitrogen and oxygen atoms in total. The third-order valence-electron chi connectivity index (χ3n) is 3.40. The summed E-state index contributed by atoms with van der Waals surface area (Å²) in [7, 11) is -25.9. The number of hydrogen-bond acceptors (Lipinski definition) is 9. The first kappa shape index (κ1) is 27.3. The zero-order valence-corrected chi connectivity index (χ0v) is 16.0. The van der Waals surface area contributed by atoms with Crippen LogP contribution in [-0.4, -0.2) is 85.6 Å². The lowest BCUT2D eigenvalue weighted by molar-refractivity contribution is -0.0580. The van der Waals surface area contributed by atoms with E-state index < -0.39 is 80.4 Å². The summed E-state index contributed by atoms with van der Waals surface area (Å²) in [6.07, 6.45) is 0. The summed E-state index contributed by atoms with van der Waals surface area (Å²) in [5.41, 5.74) is -23.6. The van der Waals surface area contributed by atoms with Gasteiger partial charge in [-0.05, 0) is 0 Å². The van der Waals surface area contributed by atoms with Crippen LogP contribution in [-0.2, 0) is 40.5 Å². The molecule has 0 aliphatic rings. The van der Waals surface area contributed by atoms with Gasteiger partial charge in [-0.3, -0.25) is 18.2 Å². The minimum atomic E-state index is -6.51. The van der Waals surface area contributed by atoms with Crippen molar-refractivity contribution in [3.05, 3.63) is 0 Å². The average molecular weight is 508 g/mol. The summed E-state index contributed by atoms with van der Waals surface area (Å²) < 4.78 is 179. The zero-order chi connectivity index (χ0) is 23.1. The Bertz CT molecular complexity index is 911. The Morgan fingerprint density at radius 3 is 1.00 bits per heavy atom. The maximum Gasteiger partial charge on any atom is 0.298 e. The lowest BCUT2D eigenvalue weighted by Crippen LogP contribution is -2.61. The molecule has 5 N–H and O–H groups in total. The molecule has 21 heteroatoms. The summed E-state index contributed by atoms with van der Waals surface area (Å²) >= 11 is 0. The van der Waals surface area contributed by atoms with Crippen molar-refractivity contribution >= 4 is 40.5 Å². The van der Waals surface area contributed by atoms with Crippen molar-refractivity contribution in [1.82, 2.24) is 0 Å². The number of alkyl halides is 4. The van der Waals surface area contributed by atoms with Crippen LogP contribution in [0.1, 0.15) is 0 Å². The van der Waals surface area contributed by atoms with E-state index >= 15 is 0 Å². The highest BCUT2D eigenvalue weighted by Crippen LogP contribution is 2.49. The molecular weight excluding hydrogens is 496 g/mol. The van der Waals surface area contributed by atoms with Crippen molar-refractivity contribution in [3.8, 4) is 0 Å². The normalized spacial score (nSPS) is 21.9. The van der Waals surface area contributed by atoms with Crippen LogP contribution < -0.4 is 0 Å². The van der Waals surface area contributed by atoms with Gasteiger partial charge in [0, 0.05) is 0 Å². The van der Waals surface area contributed by atoms with Crippen LogP contribution in [0.25, 0.3) is 0 Å². The number of rotatable bonds is 10. The maximum absolute atomic E-state index is 14.3. The van der Waals surface area contributed by atoms with Gasteiger partial charge in [0.15, 0.2) is 0 Å². The van der Waals surface area contributed by atoms with Crippen LogP contribution in [0, 0.1) is 11.3 Å². The van der Waals surface area contributed by atoms with Gasteiger partial charge in [0.2, 0.25) is 22.0 Å². The SMILES string of the molecule is O=S(=O)(O)C(F)C(C(F)S(=O)(=O)O)C(CO)(C(F)S(=O)(=O)O)C(F)S(=O)(=O)O. The largest absolute Gasteiger partial charge is 0.395 e. The van der Waals surface area contributed by atoms with Gasteiger partial charge in [0.25, 0.3) is 40.5 Å². The second kappa shape index (κ2) is 8.22. The fourth-order valence-electron chi connectivity index (χ4n) is 2.19.